The van der Waals surface area contributed by atoms with Crippen LogP contribution in [0.3, 0.4) is 0 Å². The highest BCUT2D eigenvalue weighted by atomic mass is 16.8. The maximum absolute atomic E-state index is 12.0. The number of likely N-dealkylation sites (N-methyl/N-ethyl adjacent to an activating group) is 1. The number of ether oxygens (including phenoxy) is 1. The van der Waals surface area contributed by atoms with Crippen molar-refractivity contribution >= 4 is 11.7 Å². The number of ketones is 1. The van der Waals surface area contributed by atoms with Crippen LogP contribution in [0.15, 0.2) is 36.4 Å². The molecule has 2 aromatic carbocycles. The van der Waals surface area contributed by atoms with E-state index in [1.165, 1.54) is 30.3 Å². The summed E-state index contributed by atoms with van der Waals surface area (Å²) in [6, 6.07) is 10.4. The minimum Gasteiger partial charge on any atom is -0.508 e. The highest BCUT2D eigenvalue weighted by Gasteiger charge is 2.50. The average Bonchev–Trinajstić information content (AvgIpc) is 2.66. The van der Waals surface area contributed by atoms with Gasteiger partial charge in [0.2, 0.25) is 5.78 Å². The molecule has 3 N–H and O–H groups in total. The molecule has 2 atom stereocenters. The lowest BCUT2D eigenvalue weighted by Gasteiger charge is -2.42. The van der Waals surface area contributed by atoms with E-state index in [0.29, 0.717) is 16.2 Å². The number of phenolic OH excluding ortho intramolecular Hbond substituents is 2. The van der Waals surface area contributed by atoms with Crippen molar-refractivity contribution in [2.24, 2.45) is 0 Å². The standard InChI is InChI=1S/C20H18N2O7/c1-11(23)19(26)22(2)29-20(27)17-14(7-15(24)8-16(17)25)10-28-18(20)13-5-3-12(9-21)4-6-13/h3-8,18,24-25,27H,10H2,1-2H3. The summed E-state index contributed by atoms with van der Waals surface area (Å²) >= 11 is 0. The van der Waals surface area contributed by atoms with E-state index in [1.54, 1.807) is 0 Å². The third-order valence-electron chi connectivity index (χ3n) is 4.51. The third kappa shape index (κ3) is 3.64. The van der Waals surface area contributed by atoms with Gasteiger partial charge < -0.3 is 20.1 Å². The topological polar surface area (TPSA) is 140 Å². The third-order valence-corrected chi connectivity index (χ3v) is 4.51. The van der Waals surface area contributed by atoms with E-state index in [9.17, 15) is 24.9 Å². The largest absolute Gasteiger partial charge is 0.508 e. The fourth-order valence-electron chi connectivity index (χ4n) is 3.23. The molecule has 1 heterocycles. The number of rotatable bonds is 4. The van der Waals surface area contributed by atoms with Crippen molar-refractivity contribution in [1.82, 2.24) is 5.06 Å². The van der Waals surface area contributed by atoms with Crippen molar-refractivity contribution in [3.8, 4) is 17.6 Å². The summed E-state index contributed by atoms with van der Waals surface area (Å²) in [5, 5.41) is 41.2. The number of nitrogens with zero attached hydrogens (tertiary/aromatic N) is 2. The van der Waals surface area contributed by atoms with E-state index in [1.807, 2.05) is 6.07 Å². The Morgan fingerprint density at radius 2 is 1.93 bits per heavy atom. The number of Topliss-reactive ketones (excluding diaryl/α,β-unsaturated/α-hetero) is 1. The molecule has 1 aliphatic heterocycles. The van der Waals surface area contributed by atoms with Gasteiger partial charge >= 0.3 is 5.91 Å². The number of hydrogen-bond acceptors (Lipinski definition) is 8. The Hall–Kier alpha value is -3.45. The molecular weight excluding hydrogens is 380 g/mol. The smallest absolute Gasteiger partial charge is 0.313 e. The first-order valence-corrected chi connectivity index (χ1v) is 8.54. The van der Waals surface area contributed by atoms with E-state index in [0.717, 1.165) is 20.0 Å². The molecule has 0 aromatic heterocycles. The monoisotopic (exact) mass is 398 g/mol. The molecule has 2 unspecified atom stereocenters. The maximum atomic E-state index is 12.0. The van der Waals surface area contributed by atoms with Gasteiger partial charge in [-0.2, -0.15) is 5.26 Å². The number of carbonyl (C=O) groups excluding carboxylic acids is 2. The number of amides is 1. The van der Waals surface area contributed by atoms with Crippen molar-refractivity contribution in [2.75, 3.05) is 7.05 Å². The van der Waals surface area contributed by atoms with Crippen LogP contribution < -0.4 is 0 Å². The zero-order valence-electron chi connectivity index (χ0n) is 15.6. The Bertz CT molecular complexity index is 1010. The Morgan fingerprint density at radius 3 is 2.52 bits per heavy atom. The van der Waals surface area contributed by atoms with Crippen LogP contribution in [0.4, 0.5) is 0 Å². The number of aliphatic hydroxyl groups is 1. The number of benzene rings is 2. The molecule has 0 saturated heterocycles. The van der Waals surface area contributed by atoms with Crippen LogP contribution in [0.2, 0.25) is 0 Å². The molecule has 29 heavy (non-hydrogen) atoms. The number of nitriles is 1. The molecule has 150 valence electrons. The Morgan fingerprint density at radius 1 is 1.28 bits per heavy atom. The summed E-state index contributed by atoms with van der Waals surface area (Å²) in [5.41, 5.74) is 0.900. The van der Waals surface area contributed by atoms with Crippen LogP contribution in [0.25, 0.3) is 0 Å². The molecule has 0 aliphatic carbocycles. The first-order chi connectivity index (χ1) is 13.7. The van der Waals surface area contributed by atoms with Crippen molar-refractivity contribution in [3.05, 3.63) is 58.7 Å². The molecule has 1 aliphatic rings. The van der Waals surface area contributed by atoms with Crippen molar-refractivity contribution in [3.63, 3.8) is 0 Å². The van der Waals surface area contributed by atoms with Crippen LogP contribution in [0, 0.1) is 11.3 Å². The van der Waals surface area contributed by atoms with Gasteiger partial charge in [0.15, 0.2) is 0 Å². The molecule has 1 amide bonds. The zero-order valence-corrected chi connectivity index (χ0v) is 15.6. The summed E-state index contributed by atoms with van der Waals surface area (Å²) in [6.45, 7) is 0.961. The van der Waals surface area contributed by atoms with Gasteiger partial charge in [-0.05, 0) is 29.3 Å². The number of phenols is 2. The summed E-state index contributed by atoms with van der Waals surface area (Å²) < 4.78 is 5.73. The second kappa shape index (κ2) is 7.52. The fourth-order valence-corrected chi connectivity index (χ4v) is 3.23. The fraction of sp³-hybridized carbons (Fsp3) is 0.250. The van der Waals surface area contributed by atoms with Crippen LogP contribution in [-0.4, -0.2) is 39.1 Å². The predicted molar refractivity (Wildman–Crippen MR) is 96.9 cm³/mol. The van der Waals surface area contributed by atoms with Crippen molar-refractivity contribution in [2.45, 2.75) is 25.4 Å². The van der Waals surface area contributed by atoms with Gasteiger partial charge in [0.1, 0.15) is 17.6 Å². The summed E-state index contributed by atoms with van der Waals surface area (Å²) in [6.07, 6.45) is -1.22. The SMILES string of the molecule is CC(=O)C(=O)N(C)OC1(O)c2c(O)cc(O)cc2COC1c1ccc(C#N)cc1. The summed E-state index contributed by atoms with van der Waals surface area (Å²) in [4.78, 5) is 28.9. The van der Waals surface area contributed by atoms with Gasteiger partial charge in [0.25, 0.3) is 5.79 Å². The normalized spacial score (nSPS) is 20.4. The lowest BCUT2D eigenvalue weighted by atomic mass is 9.87. The van der Waals surface area contributed by atoms with Gasteiger partial charge in [-0.25, -0.2) is 9.90 Å². The van der Waals surface area contributed by atoms with Gasteiger partial charge in [0, 0.05) is 20.0 Å². The molecule has 2 aromatic rings. The van der Waals surface area contributed by atoms with Crippen LogP contribution in [-0.2, 0) is 31.6 Å². The highest BCUT2D eigenvalue weighted by molar-refractivity contribution is 6.34. The van der Waals surface area contributed by atoms with Gasteiger partial charge in [-0.1, -0.05) is 12.1 Å². The molecule has 0 radical (unpaired) electrons. The summed E-state index contributed by atoms with van der Waals surface area (Å²) in [5.74, 6) is -5.00. The lowest BCUT2D eigenvalue weighted by molar-refractivity contribution is -0.364. The molecule has 0 spiro atoms. The number of hydroxylamine groups is 2. The quantitative estimate of drug-likeness (QED) is 0.398. The minimum atomic E-state index is -2.42. The van der Waals surface area contributed by atoms with Gasteiger partial charge in [-0.15, -0.1) is 0 Å². The van der Waals surface area contributed by atoms with Crippen LogP contribution in [0.5, 0.6) is 11.5 Å². The number of hydrogen-bond donors (Lipinski definition) is 3. The zero-order chi connectivity index (χ0) is 21.3. The van der Waals surface area contributed by atoms with E-state index < -0.39 is 29.3 Å². The lowest BCUT2D eigenvalue weighted by Crippen LogP contribution is -2.48. The first kappa shape index (κ1) is 20.3. The number of fused-ring (bicyclic) bond motifs is 1. The molecule has 0 fully saturated rings. The van der Waals surface area contributed by atoms with Crippen molar-refractivity contribution < 1.29 is 34.5 Å². The van der Waals surface area contributed by atoms with E-state index in [-0.39, 0.29) is 23.5 Å². The molecule has 3 rings (SSSR count). The number of carbonyl (C=O) groups is 2. The molecule has 9 heteroatoms. The van der Waals surface area contributed by atoms with Gasteiger partial charge in [-0.3, -0.25) is 9.59 Å². The van der Waals surface area contributed by atoms with E-state index >= 15 is 0 Å². The Balaban J connectivity index is 2.13. The van der Waals surface area contributed by atoms with Gasteiger partial charge in [0.05, 0.1) is 23.8 Å². The molecule has 9 nitrogen and oxygen atoms in total. The highest BCUT2D eigenvalue weighted by Crippen LogP contribution is 2.49. The number of aromatic hydroxyl groups is 2. The predicted octanol–water partition coefficient (Wildman–Crippen LogP) is 1.37. The maximum Gasteiger partial charge on any atom is 0.313 e. The molecule has 0 saturated carbocycles. The first-order valence-electron chi connectivity index (χ1n) is 8.54. The average molecular weight is 398 g/mol. The van der Waals surface area contributed by atoms with Crippen LogP contribution >= 0.6 is 0 Å². The summed E-state index contributed by atoms with van der Waals surface area (Å²) in [7, 11) is 1.14. The Labute approximate surface area is 165 Å². The molecular formula is C20H18N2O7. The molecule has 0 bridgehead atoms. The van der Waals surface area contributed by atoms with Crippen molar-refractivity contribution in [1.29, 1.82) is 5.26 Å². The van der Waals surface area contributed by atoms with E-state index in [4.69, 9.17) is 14.8 Å². The van der Waals surface area contributed by atoms with E-state index in [2.05, 4.69) is 0 Å². The van der Waals surface area contributed by atoms with Crippen LogP contribution in [0.1, 0.15) is 35.3 Å². The second-order valence-corrected chi connectivity index (χ2v) is 6.57. The second-order valence-electron chi connectivity index (χ2n) is 6.57. The Kier molecular flexibility index (Phi) is 5.26. The minimum absolute atomic E-state index is 0.0853.